The molecule has 5 nitrogen and oxygen atoms in total. The van der Waals surface area contributed by atoms with Crippen LogP contribution >= 0.6 is 0 Å². The van der Waals surface area contributed by atoms with Crippen LogP contribution in [0, 0.1) is 11.3 Å². The van der Waals surface area contributed by atoms with Crippen molar-refractivity contribution in [3.63, 3.8) is 0 Å². The van der Waals surface area contributed by atoms with Crippen LogP contribution in [0.25, 0.3) is 0 Å². The molecule has 0 aliphatic carbocycles. The SMILES string of the molecule is N#Cc1ccc(COc2ccc(C(O)Cn3ccnc3)cc2)cc1. The molecule has 1 aromatic heterocycles. The molecule has 0 fully saturated rings. The van der Waals surface area contributed by atoms with Gasteiger partial charge < -0.3 is 14.4 Å². The van der Waals surface area contributed by atoms with Gasteiger partial charge in [0.1, 0.15) is 12.4 Å². The fourth-order valence-electron chi connectivity index (χ4n) is 2.33. The fraction of sp³-hybridized carbons (Fsp3) is 0.158. The highest BCUT2D eigenvalue weighted by atomic mass is 16.5. The van der Waals surface area contributed by atoms with Gasteiger partial charge in [-0.2, -0.15) is 5.26 Å². The van der Waals surface area contributed by atoms with Crippen LogP contribution < -0.4 is 4.74 Å². The second kappa shape index (κ2) is 7.44. The lowest BCUT2D eigenvalue weighted by Crippen LogP contribution is -2.07. The number of aliphatic hydroxyl groups is 1. The molecule has 24 heavy (non-hydrogen) atoms. The van der Waals surface area contributed by atoms with Crippen LogP contribution in [0.5, 0.6) is 5.75 Å². The third-order valence-corrected chi connectivity index (χ3v) is 3.70. The van der Waals surface area contributed by atoms with Gasteiger partial charge in [-0.05, 0) is 35.4 Å². The molecule has 120 valence electrons. The number of aromatic nitrogens is 2. The van der Waals surface area contributed by atoms with Gasteiger partial charge in [0.2, 0.25) is 0 Å². The van der Waals surface area contributed by atoms with Crippen LogP contribution in [0.1, 0.15) is 22.8 Å². The Morgan fingerprint density at radius 1 is 1.12 bits per heavy atom. The molecule has 0 bridgehead atoms. The molecule has 0 aliphatic rings. The Hall–Kier alpha value is -3.10. The maximum atomic E-state index is 10.2. The highest BCUT2D eigenvalue weighted by Gasteiger charge is 2.08. The first-order valence-electron chi connectivity index (χ1n) is 7.60. The maximum Gasteiger partial charge on any atom is 0.119 e. The number of nitrogens with zero attached hydrogens (tertiary/aromatic N) is 3. The van der Waals surface area contributed by atoms with Gasteiger partial charge in [0.05, 0.1) is 30.6 Å². The number of hydrogen-bond acceptors (Lipinski definition) is 4. The number of benzene rings is 2. The zero-order chi connectivity index (χ0) is 16.8. The number of nitriles is 1. The van der Waals surface area contributed by atoms with E-state index >= 15 is 0 Å². The van der Waals surface area contributed by atoms with Crippen molar-refractivity contribution in [2.24, 2.45) is 0 Å². The summed E-state index contributed by atoms with van der Waals surface area (Å²) in [4.78, 5) is 3.96. The van der Waals surface area contributed by atoms with Crippen molar-refractivity contribution >= 4 is 0 Å². The molecular formula is C19H17N3O2. The van der Waals surface area contributed by atoms with Gasteiger partial charge in [-0.1, -0.05) is 24.3 Å². The van der Waals surface area contributed by atoms with E-state index in [1.807, 2.05) is 47.2 Å². The molecule has 1 N–H and O–H groups in total. The predicted molar refractivity (Wildman–Crippen MR) is 89.1 cm³/mol. The number of imidazole rings is 1. The molecule has 0 spiro atoms. The monoisotopic (exact) mass is 319 g/mol. The fourth-order valence-corrected chi connectivity index (χ4v) is 2.33. The third kappa shape index (κ3) is 4.00. The second-order valence-electron chi connectivity index (χ2n) is 5.44. The van der Waals surface area contributed by atoms with E-state index in [0.717, 1.165) is 16.9 Å². The minimum absolute atomic E-state index is 0.433. The van der Waals surface area contributed by atoms with Crippen molar-refractivity contribution in [1.82, 2.24) is 9.55 Å². The maximum absolute atomic E-state index is 10.2. The number of hydrogen-bond donors (Lipinski definition) is 1. The van der Waals surface area contributed by atoms with E-state index in [1.54, 1.807) is 24.7 Å². The van der Waals surface area contributed by atoms with Crippen LogP contribution in [-0.4, -0.2) is 14.7 Å². The Balaban J connectivity index is 1.56. The first-order chi connectivity index (χ1) is 11.7. The van der Waals surface area contributed by atoms with E-state index in [0.29, 0.717) is 18.7 Å². The van der Waals surface area contributed by atoms with Crippen LogP contribution in [0.15, 0.2) is 67.3 Å². The molecule has 0 saturated carbocycles. The lowest BCUT2D eigenvalue weighted by molar-refractivity contribution is 0.156. The minimum Gasteiger partial charge on any atom is -0.489 e. The van der Waals surface area contributed by atoms with E-state index < -0.39 is 6.10 Å². The van der Waals surface area contributed by atoms with Crippen molar-refractivity contribution < 1.29 is 9.84 Å². The van der Waals surface area contributed by atoms with Gasteiger partial charge in [0.25, 0.3) is 0 Å². The zero-order valence-corrected chi connectivity index (χ0v) is 13.0. The molecule has 3 rings (SSSR count). The highest BCUT2D eigenvalue weighted by Crippen LogP contribution is 2.20. The normalized spacial score (nSPS) is 11.7. The lowest BCUT2D eigenvalue weighted by Gasteiger charge is -2.13. The van der Waals surface area contributed by atoms with Crippen LogP contribution in [0.4, 0.5) is 0 Å². The molecule has 1 atom stereocenters. The largest absolute Gasteiger partial charge is 0.489 e. The molecular weight excluding hydrogens is 302 g/mol. The standard InChI is InChI=1S/C19H17N3O2/c20-11-15-1-3-16(4-2-15)13-24-18-7-5-17(6-8-18)19(23)12-22-10-9-21-14-22/h1-10,14,19,23H,12-13H2. The Morgan fingerprint density at radius 3 is 2.50 bits per heavy atom. The average molecular weight is 319 g/mol. The molecule has 1 unspecified atom stereocenters. The summed E-state index contributed by atoms with van der Waals surface area (Å²) in [5.41, 5.74) is 2.46. The summed E-state index contributed by atoms with van der Waals surface area (Å²) in [5, 5.41) is 19.0. The van der Waals surface area contributed by atoms with Gasteiger partial charge in [-0.25, -0.2) is 4.98 Å². The van der Waals surface area contributed by atoms with Gasteiger partial charge in [-0.15, -0.1) is 0 Å². The van der Waals surface area contributed by atoms with Crippen LogP contribution in [-0.2, 0) is 13.2 Å². The first-order valence-corrected chi connectivity index (χ1v) is 7.60. The van der Waals surface area contributed by atoms with Gasteiger partial charge in [-0.3, -0.25) is 0 Å². The summed E-state index contributed by atoms with van der Waals surface area (Å²) < 4.78 is 7.56. The van der Waals surface area contributed by atoms with E-state index in [1.165, 1.54) is 0 Å². The summed E-state index contributed by atoms with van der Waals surface area (Å²) in [7, 11) is 0. The van der Waals surface area contributed by atoms with Gasteiger partial charge in [0.15, 0.2) is 0 Å². The van der Waals surface area contributed by atoms with E-state index in [-0.39, 0.29) is 0 Å². The Kier molecular flexibility index (Phi) is 4.90. The summed E-state index contributed by atoms with van der Waals surface area (Å²) in [5.74, 6) is 0.734. The highest BCUT2D eigenvalue weighted by molar-refractivity contribution is 5.32. The summed E-state index contributed by atoms with van der Waals surface area (Å²) in [6, 6.07) is 16.8. The molecule has 0 radical (unpaired) electrons. The number of rotatable bonds is 6. The summed E-state index contributed by atoms with van der Waals surface area (Å²) in [6.45, 7) is 0.897. The Labute approximate surface area is 140 Å². The van der Waals surface area contributed by atoms with Crippen molar-refractivity contribution in [3.05, 3.63) is 83.9 Å². The third-order valence-electron chi connectivity index (χ3n) is 3.70. The summed E-state index contributed by atoms with van der Waals surface area (Å²) >= 11 is 0. The Bertz CT molecular complexity index is 803. The van der Waals surface area contributed by atoms with Gasteiger partial charge >= 0.3 is 0 Å². The van der Waals surface area contributed by atoms with Crippen molar-refractivity contribution in [2.45, 2.75) is 19.3 Å². The van der Waals surface area contributed by atoms with Crippen molar-refractivity contribution in [1.29, 1.82) is 5.26 Å². The average Bonchev–Trinajstić information content (AvgIpc) is 3.14. The van der Waals surface area contributed by atoms with Crippen LogP contribution in [0.3, 0.4) is 0 Å². The quantitative estimate of drug-likeness (QED) is 0.758. The topological polar surface area (TPSA) is 71.1 Å². The van der Waals surface area contributed by atoms with Crippen LogP contribution in [0.2, 0.25) is 0 Å². The number of ether oxygens (including phenoxy) is 1. The van der Waals surface area contributed by atoms with E-state index in [4.69, 9.17) is 10.00 Å². The smallest absolute Gasteiger partial charge is 0.119 e. The molecule has 0 amide bonds. The zero-order valence-electron chi connectivity index (χ0n) is 13.0. The second-order valence-corrected chi connectivity index (χ2v) is 5.44. The van der Waals surface area contributed by atoms with Crippen molar-refractivity contribution in [3.8, 4) is 11.8 Å². The molecule has 1 heterocycles. The predicted octanol–water partition coefficient (Wildman–Crippen LogP) is 3.07. The Morgan fingerprint density at radius 2 is 1.88 bits per heavy atom. The van der Waals surface area contributed by atoms with E-state index in [9.17, 15) is 5.11 Å². The molecule has 3 aromatic rings. The summed E-state index contributed by atoms with van der Waals surface area (Å²) in [6.07, 6.45) is 4.59. The molecule has 2 aromatic carbocycles. The molecule has 0 aliphatic heterocycles. The number of aliphatic hydroxyl groups excluding tert-OH is 1. The lowest BCUT2D eigenvalue weighted by atomic mass is 10.1. The molecule has 0 saturated heterocycles. The first kappa shape index (κ1) is 15.8. The van der Waals surface area contributed by atoms with Crippen molar-refractivity contribution in [2.75, 3.05) is 0 Å². The van der Waals surface area contributed by atoms with Gasteiger partial charge in [0, 0.05) is 12.4 Å². The minimum atomic E-state index is -0.591. The van der Waals surface area contributed by atoms with E-state index in [2.05, 4.69) is 11.1 Å². The molecule has 5 heteroatoms.